The van der Waals surface area contributed by atoms with Gasteiger partial charge in [0.05, 0.1) is 63.8 Å². The molecule has 12 heteroatoms. The Morgan fingerprint density at radius 2 is 1.98 bits per heavy atom. The summed E-state index contributed by atoms with van der Waals surface area (Å²) < 4.78 is 45.9. The average Bonchev–Trinajstić information content (AvgIpc) is 3.58. The topological polar surface area (TPSA) is 106 Å². The molecule has 5 rings (SSSR count). The van der Waals surface area contributed by atoms with Gasteiger partial charge >= 0.3 is 6.18 Å². The van der Waals surface area contributed by atoms with Gasteiger partial charge in [0.25, 0.3) is 0 Å². The van der Waals surface area contributed by atoms with Crippen molar-refractivity contribution in [3.05, 3.63) is 75.8 Å². The van der Waals surface area contributed by atoms with Gasteiger partial charge in [0.2, 0.25) is 5.91 Å². The summed E-state index contributed by atoms with van der Waals surface area (Å²) in [6.07, 6.45) is 0.962. The molecule has 0 saturated carbocycles. The number of anilines is 2. The van der Waals surface area contributed by atoms with Crippen molar-refractivity contribution >= 4 is 46.6 Å². The van der Waals surface area contributed by atoms with Crippen molar-refractivity contribution in [3.63, 3.8) is 0 Å². The first-order chi connectivity index (χ1) is 19.0. The van der Waals surface area contributed by atoms with Crippen LogP contribution < -0.4 is 10.6 Å². The number of aliphatic imine (C=N–C) groups is 1. The van der Waals surface area contributed by atoms with Crippen LogP contribution >= 0.6 is 11.6 Å². The number of Topliss-reactive ketones (excluding diaryl/α,β-unsaturated/α-hetero) is 1. The molecule has 1 amide bonds. The number of carbonyl (C=O) groups excluding carboxylic acids is 2. The second-order valence-electron chi connectivity index (χ2n) is 9.90. The second kappa shape index (κ2) is 11.0. The number of benzene rings is 1. The van der Waals surface area contributed by atoms with Crippen LogP contribution in [-0.2, 0) is 28.7 Å². The zero-order valence-electron chi connectivity index (χ0n) is 21.4. The van der Waals surface area contributed by atoms with E-state index in [1.807, 2.05) is 0 Å². The number of pyridine rings is 2. The molecule has 8 nitrogen and oxygen atoms in total. The maximum atomic E-state index is 13.5. The van der Waals surface area contributed by atoms with E-state index in [-0.39, 0.29) is 47.7 Å². The molecule has 2 aliphatic rings. The van der Waals surface area contributed by atoms with Gasteiger partial charge in [-0.25, -0.2) is 0 Å². The smallest absolute Gasteiger partial charge is 0.380 e. The molecule has 2 aromatic heterocycles. The van der Waals surface area contributed by atoms with Gasteiger partial charge in [0.15, 0.2) is 5.78 Å². The highest BCUT2D eigenvalue weighted by atomic mass is 35.5. The lowest BCUT2D eigenvalue weighted by atomic mass is 9.80. The van der Waals surface area contributed by atoms with E-state index in [2.05, 4.69) is 25.6 Å². The zero-order valence-corrected chi connectivity index (χ0v) is 22.2. The predicted molar refractivity (Wildman–Crippen MR) is 143 cm³/mol. The van der Waals surface area contributed by atoms with Gasteiger partial charge in [-0.3, -0.25) is 24.5 Å². The van der Waals surface area contributed by atoms with E-state index in [1.54, 1.807) is 25.3 Å². The lowest BCUT2D eigenvalue weighted by Crippen LogP contribution is -2.43. The highest BCUT2D eigenvalue weighted by molar-refractivity contribution is 6.31. The maximum Gasteiger partial charge on any atom is 0.418 e. The third kappa shape index (κ3) is 5.85. The Hall–Kier alpha value is -3.83. The number of rotatable bonds is 8. The summed E-state index contributed by atoms with van der Waals surface area (Å²) in [5, 5.41) is 5.68. The van der Waals surface area contributed by atoms with Crippen LogP contribution in [-0.4, -0.2) is 41.1 Å². The normalized spacial score (nSPS) is 18.0. The summed E-state index contributed by atoms with van der Waals surface area (Å²) in [5.41, 5.74) is 0.900. The minimum Gasteiger partial charge on any atom is -0.380 e. The third-order valence-electron chi connectivity index (χ3n) is 6.96. The first-order valence-electron chi connectivity index (χ1n) is 12.5. The highest BCUT2D eigenvalue weighted by Gasteiger charge is 2.44. The molecule has 0 unspecified atom stereocenters. The van der Waals surface area contributed by atoms with Crippen LogP contribution in [0.15, 0.2) is 47.7 Å². The zero-order chi connectivity index (χ0) is 28.5. The number of ketones is 1. The van der Waals surface area contributed by atoms with Crippen LogP contribution in [0.2, 0.25) is 5.02 Å². The van der Waals surface area contributed by atoms with Crippen LogP contribution in [0.1, 0.15) is 45.7 Å². The molecule has 208 valence electrons. The van der Waals surface area contributed by atoms with Gasteiger partial charge in [0.1, 0.15) is 0 Å². The number of amides is 1. The number of fused-ring (bicyclic) bond motifs is 1. The van der Waals surface area contributed by atoms with Crippen molar-refractivity contribution in [2.45, 2.75) is 38.9 Å². The monoisotopic (exact) mass is 571 g/mol. The summed E-state index contributed by atoms with van der Waals surface area (Å²) in [6.45, 7) is 1.97. The molecule has 2 aliphatic heterocycles. The van der Waals surface area contributed by atoms with Crippen molar-refractivity contribution < 1.29 is 27.5 Å². The first kappa shape index (κ1) is 27.7. The Bertz CT molecular complexity index is 1500. The molecule has 40 heavy (non-hydrogen) atoms. The SMILES string of the molecule is Cc1ccc(Nc2cnc(CNC(=O)[C@]3(CC(=O)c4cnc5c(c4)N=CC5)CCOC3)c(Cl)c2)c(C(F)(F)F)c1. The number of aromatic nitrogens is 2. The van der Waals surface area contributed by atoms with Crippen LogP contribution in [0.4, 0.5) is 30.2 Å². The van der Waals surface area contributed by atoms with Gasteiger partial charge in [-0.15, -0.1) is 0 Å². The van der Waals surface area contributed by atoms with Crippen molar-refractivity contribution in [3.8, 4) is 0 Å². The Morgan fingerprint density at radius 1 is 1.15 bits per heavy atom. The summed E-state index contributed by atoms with van der Waals surface area (Å²) in [7, 11) is 0. The molecule has 0 spiro atoms. The first-order valence-corrected chi connectivity index (χ1v) is 12.9. The molecule has 0 aliphatic carbocycles. The van der Waals surface area contributed by atoms with Crippen molar-refractivity contribution in [1.29, 1.82) is 0 Å². The molecule has 2 N–H and O–H groups in total. The summed E-state index contributed by atoms with van der Waals surface area (Å²) >= 11 is 6.37. The molecule has 1 atom stereocenters. The van der Waals surface area contributed by atoms with Crippen LogP contribution in [0.5, 0.6) is 0 Å². The van der Waals surface area contributed by atoms with E-state index in [0.717, 1.165) is 11.8 Å². The third-order valence-corrected chi connectivity index (χ3v) is 7.29. The van der Waals surface area contributed by atoms with Crippen LogP contribution in [0.3, 0.4) is 0 Å². The van der Waals surface area contributed by atoms with Crippen molar-refractivity contribution in [2.24, 2.45) is 10.4 Å². The quantitative estimate of drug-likeness (QED) is 0.333. The number of hydrogen-bond acceptors (Lipinski definition) is 7. The number of aryl methyl sites for hydroxylation is 1. The Morgan fingerprint density at radius 3 is 2.70 bits per heavy atom. The average molecular weight is 572 g/mol. The molecule has 1 aromatic carbocycles. The lowest BCUT2D eigenvalue weighted by molar-refractivity contribution is -0.137. The van der Waals surface area contributed by atoms with E-state index < -0.39 is 17.2 Å². The Balaban J connectivity index is 1.26. The fraction of sp³-hybridized carbons (Fsp3) is 0.321. The fourth-order valence-corrected chi connectivity index (χ4v) is 4.96. The minimum absolute atomic E-state index is 0.0403. The van der Waals surface area contributed by atoms with E-state index in [1.165, 1.54) is 24.5 Å². The standard InChI is InChI=1S/C28H25ClF3N5O3/c1-16-2-3-21(19(8-16)28(30,31)32)37-18-10-20(29)24(35-13-18)14-36-26(39)27(5-7-40-15-27)11-25(38)17-9-23-22(34-12-17)4-6-33-23/h2-3,6,8-10,12-13,37H,4-5,7,11,14-15H2,1H3,(H,36,39)/t27-/m0/s1. The molecule has 4 heterocycles. The van der Waals surface area contributed by atoms with Gasteiger partial charge in [-0.2, -0.15) is 13.2 Å². The molecule has 1 saturated heterocycles. The van der Waals surface area contributed by atoms with E-state index in [0.29, 0.717) is 42.0 Å². The van der Waals surface area contributed by atoms with E-state index in [9.17, 15) is 22.8 Å². The Kier molecular flexibility index (Phi) is 7.61. The molecule has 0 radical (unpaired) electrons. The highest BCUT2D eigenvalue weighted by Crippen LogP contribution is 2.38. The minimum atomic E-state index is -4.54. The molecular formula is C28H25ClF3N5O3. The number of nitrogens with zero attached hydrogens (tertiary/aromatic N) is 3. The van der Waals surface area contributed by atoms with Crippen molar-refractivity contribution in [1.82, 2.24) is 15.3 Å². The van der Waals surface area contributed by atoms with Crippen LogP contribution in [0.25, 0.3) is 0 Å². The number of alkyl halides is 3. The molecule has 0 bridgehead atoms. The number of hydrogen-bond donors (Lipinski definition) is 2. The number of carbonyl (C=O) groups is 2. The number of halogens is 4. The van der Waals surface area contributed by atoms with Crippen molar-refractivity contribution in [2.75, 3.05) is 18.5 Å². The molecule has 3 aromatic rings. The van der Waals surface area contributed by atoms with Gasteiger partial charge in [0, 0.05) is 37.4 Å². The molecular weight excluding hydrogens is 547 g/mol. The Labute approximate surface area is 233 Å². The van der Waals surface area contributed by atoms with Gasteiger partial charge in [-0.1, -0.05) is 23.2 Å². The fourth-order valence-electron chi connectivity index (χ4n) is 4.72. The van der Waals surface area contributed by atoms with Crippen LogP contribution in [0, 0.1) is 12.3 Å². The van der Waals surface area contributed by atoms with E-state index >= 15 is 0 Å². The number of nitrogens with one attached hydrogen (secondary N) is 2. The summed E-state index contributed by atoms with van der Waals surface area (Å²) in [6, 6.07) is 7.10. The van der Waals surface area contributed by atoms with E-state index in [4.69, 9.17) is 16.3 Å². The maximum absolute atomic E-state index is 13.5. The number of ether oxygens (including phenoxy) is 1. The lowest BCUT2D eigenvalue weighted by Gasteiger charge is -2.25. The second-order valence-corrected chi connectivity index (χ2v) is 10.3. The molecule has 1 fully saturated rings. The predicted octanol–water partition coefficient (Wildman–Crippen LogP) is 5.76. The van der Waals surface area contributed by atoms with Gasteiger partial charge in [-0.05, 0) is 37.6 Å². The largest absolute Gasteiger partial charge is 0.418 e. The summed E-state index contributed by atoms with van der Waals surface area (Å²) in [4.78, 5) is 39.2. The van der Waals surface area contributed by atoms with Gasteiger partial charge < -0.3 is 15.4 Å². The summed E-state index contributed by atoms with van der Waals surface area (Å²) in [5.74, 6) is -0.612.